The lowest BCUT2D eigenvalue weighted by Gasteiger charge is -2.08. The maximum Gasteiger partial charge on any atom is 0.322 e. The second kappa shape index (κ2) is 20.6. The van der Waals surface area contributed by atoms with Crippen molar-refractivity contribution in [2.24, 2.45) is 5.73 Å². The van der Waals surface area contributed by atoms with Gasteiger partial charge in [-0.15, -0.1) is 0 Å². The van der Waals surface area contributed by atoms with Gasteiger partial charge in [-0.05, 0) is 13.3 Å². The number of carbonyl (C=O) groups is 2. The molecule has 0 radical (unpaired) electrons. The molecule has 3 N–H and O–H groups in total. The molecule has 1 atom stereocenters. The highest BCUT2D eigenvalue weighted by molar-refractivity contribution is 5.76. The first-order valence-corrected chi connectivity index (χ1v) is 11.8. The molecule has 5 nitrogen and oxygen atoms in total. The second-order valence-electron chi connectivity index (χ2n) is 8.01. The molecule has 28 heavy (non-hydrogen) atoms. The lowest BCUT2D eigenvalue weighted by Crippen LogP contribution is -2.32. The normalized spacial score (nSPS) is 12.0. The van der Waals surface area contributed by atoms with Gasteiger partial charge in [0.05, 0.1) is 6.54 Å². The molecule has 0 fully saturated rings. The quantitative estimate of drug-likeness (QED) is 0.217. The number of nitrogens with two attached hydrogens (primary N) is 1. The summed E-state index contributed by atoms with van der Waals surface area (Å²) in [5.41, 5.74) is 5.39. The summed E-state index contributed by atoms with van der Waals surface area (Å²) < 4.78 is 4.91. The Hall–Kier alpha value is -1.10. The van der Waals surface area contributed by atoms with Crippen LogP contribution in [0, 0.1) is 0 Å². The molecule has 0 aromatic carbocycles. The van der Waals surface area contributed by atoms with E-state index in [1.807, 2.05) is 0 Å². The molecule has 0 aromatic heterocycles. The highest BCUT2D eigenvalue weighted by Crippen LogP contribution is 2.13. The third-order valence-electron chi connectivity index (χ3n) is 5.05. The lowest BCUT2D eigenvalue weighted by molar-refractivity contribution is -0.145. The van der Waals surface area contributed by atoms with Crippen molar-refractivity contribution in [2.45, 2.75) is 123 Å². The van der Waals surface area contributed by atoms with Crippen LogP contribution in [0.15, 0.2) is 0 Å². The van der Waals surface area contributed by atoms with Crippen molar-refractivity contribution < 1.29 is 14.3 Å². The number of hydrogen-bond acceptors (Lipinski definition) is 4. The molecule has 0 unspecified atom stereocenters. The molecule has 0 spiro atoms. The molecule has 0 bridgehead atoms. The van der Waals surface area contributed by atoms with E-state index in [4.69, 9.17) is 10.5 Å². The van der Waals surface area contributed by atoms with Crippen LogP contribution in [-0.4, -0.2) is 31.1 Å². The average molecular weight is 399 g/mol. The number of nitrogens with one attached hydrogen (secondary N) is 1. The Morgan fingerprint density at radius 3 is 1.64 bits per heavy atom. The number of hydrogen-bond donors (Lipinski definition) is 2. The van der Waals surface area contributed by atoms with Crippen molar-refractivity contribution in [3.05, 3.63) is 0 Å². The number of ether oxygens (including phenoxy) is 1. The Morgan fingerprint density at radius 1 is 0.786 bits per heavy atom. The van der Waals surface area contributed by atoms with Gasteiger partial charge in [-0.2, -0.15) is 0 Å². The average Bonchev–Trinajstić information content (AvgIpc) is 2.68. The van der Waals surface area contributed by atoms with Gasteiger partial charge in [-0.1, -0.05) is 96.8 Å². The number of carbonyl (C=O) groups excluding carboxylic acids is 2. The fourth-order valence-electron chi connectivity index (χ4n) is 3.22. The maximum atomic E-state index is 11.7. The summed E-state index contributed by atoms with van der Waals surface area (Å²) in [6.07, 6.45) is 20.4. The van der Waals surface area contributed by atoms with Gasteiger partial charge in [0.1, 0.15) is 12.6 Å². The second-order valence-corrected chi connectivity index (χ2v) is 8.01. The van der Waals surface area contributed by atoms with E-state index in [0.717, 1.165) is 12.8 Å². The fourth-order valence-corrected chi connectivity index (χ4v) is 3.22. The van der Waals surface area contributed by atoms with Crippen molar-refractivity contribution >= 4 is 11.9 Å². The summed E-state index contributed by atoms with van der Waals surface area (Å²) in [4.78, 5) is 22.8. The molecule has 0 aliphatic heterocycles. The zero-order valence-corrected chi connectivity index (χ0v) is 18.6. The van der Waals surface area contributed by atoms with E-state index in [9.17, 15) is 9.59 Å². The van der Waals surface area contributed by atoms with E-state index in [-0.39, 0.29) is 12.5 Å². The number of esters is 1. The summed E-state index contributed by atoms with van der Waals surface area (Å²) in [5.74, 6) is -0.400. The molecule has 1 amide bonds. The third-order valence-corrected chi connectivity index (χ3v) is 5.05. The maximum absolute atomic E-state index is 11.7. The van der Waals surface area contributed by atoms with Crippen LogP contribution >= 0.6 is 0 Å². The topological polar surface area (TPSA) is 81.4 Å². The van der Waals surface area contributed by atoms with Crippen molar-refractivity contribution in [1.82, 2.24) is 5.32 Å². The third kappa shape index (κ3) is 19.7. The van der Waals surface area contributed by atoms with E-state index in [1.54, 1.807) is 6.92 Å². The Bertz CT molecular complexity index is 373. The summed E-state index contributed by atoms with van der Waals surface area (Å²) in [5, 5.41) is 2.77. The Balaban J connectivity index is 3.20. The van der Waals surface area contributed by atoms with E-state index < -0.39 is 12.0 Å². The van der Waals surface area contributed by atoms with Crippen molar-refractivity contribution in [3.63, 3.8) is 0 Å². The first-order chi connectivity index (χ1) is 13.6. The number of amides is 1. The molecule has 0 saturated heterocycles. The predicted molar refractivity (Wildman–Crippen MR) is 117 cm³/mol. The van der Waals surface area contributed by atoms with Crippen LogP contribution in [-0.2, 0) is 14.3 Å². The molecule has 0 aromatic rings. The smallest absolute Gasteiger partial charge is 0.322 e. The van der Waals surface area contributed by atoms with Gasteiger partial charge < -0.3 is 15.8 Å². The Labute approximate surface area is 173 Å². The molecule has 0 rings (SSSR count). The van der Waals surface area contributed by atoms with Crippen LogP contribution in [0.1, 0.15) is 117 Å². The van der Waals surface area contributed by atoms with Gasteiger partial charge in [-0.25, -0.2) is 0 Å². The van der Waals surface area contributed by atoms with Crippen molar-refractivity contribution in [2.75, 3.05) is 13.2 Å². The van der Waals surface area contributed by atoms with E-state index >= 15 is 0 Å². The van der Waals surface area contributed by atoms with Gasteiger partial charge in [0.15, 0.2) is 0 Å². The Morgan fingerprint density at radius 2 is 1.21 bits per heavy atom. The SMILES string of the molecule is CCCCCCCCCCCCCCCCCC(=O)NCCOC(=O)[C@H](C)N. The molecule has 0 heterocycles. The van der Waals surface area contributed by atoms with Crippen LogP contribution in [0.4, 0.5) is 0 Å². The van der Waals surface area contributed by atoms with E-state index in [0.29, 0.717) is 13.0 Å². The minimum Gasteiger partial charge on any atom is -0.463 e. The summed E-state index contributed by atoms with van der Waals surface area (Å²) >= 11 is 0. The van der Waals surface area contributed by atoms with Crippen LogP contribution in [0.25, 0.3) is 0 Å². The molecular weight excluding hydrogens is 352 g/mol. The minimum atomic E-state index is -0.615. The highest BCUT2D eigenvalue weighted by Gasteiger charge is 2.08. The van der Waals surface area contributed by atoms with Crippen LogP contribution in [0.5, 0.6) is 0 Å². The van der Waals surface area contributed by atoms with Gasteiger partial charge >= 0.3 is 5.97 Å². The molecule has 0 aliphatic carbocycles. The molecule has 0 saturated carbocycles. The van der Waals surface area contributed by atoms with Crippen molar-refractivity contribution in [3.8, 4) is 0 Å². The van der Waals surface area contributed by atoms with Crippen LogP contribution in [0.3, 0.4) is 0 Å². The molecular formula is C23H46N2O3. The zero-order valence-electron chi connectivity index (χ0n) is 18.6. The zero-order chi connectivity index (χ0) is 20.9. The lowest BCUT2D eigenvalue weighted by atomic mass is 10.0. The first kappa shape index (κ1) is 26.9. The molecule has 0 aliphatic rings. The summed E-state index contributed by atoms with van der Waals surface area (Å²) in [6.45, 7) is 4.39. The number of rotatable bonds is 20. The van der Waals surface area contributed by atoms with Gasteiger partial charge in [0, 0.05) is 6.42 Å². The monoisotopic (exact) mass is 398 g/mol. The van der Waals surface area contributed by atoms with E-state index in [1.165, 1.54) is 83.5 Å². The predicted octanol–water partition coefficient (Wildman–Crippen LogP) is 5.25. The highest BCUT2D eigenvalue weighted by atomic mass is 16.5. The van der Waals surface area contributed by atoms with E-state index in [2.05, 4.69) is 12.2 Å². The largest absolute Gasteiger partial charge is 0.463 e. The first-order valence-electron chi connectivity index (χ1n) is 11.8. The van der Waals surface area contributed by atoms with Gasteiger partial charge in [-0.3, -0.25) is 9.59 Å². The summed E-state index contributed by atoms with van der Waals surface area (Å²) in [6, 6.07) is -0.615. The standard InChI is InChI=1S/C23H46N2O3/c1-3-4-5-6-7-8-9-10-11-12-13-14-15-16-17-18-22(26)25-19-20-28-23(27)21(2)24/h21H,3-20,24H2,1-2H3,(H,25,26)/t21-/m0/s1. The Kier molecular flexibility index (Phi) is 19.8. The van der Waals surface area contributed by atoms with Crippen LogP contribution in [0.2, 0.25) is 0 Å². The van der Waals surface area contributed by atoms with Crippen molar-refractivity contribution in [1.29, 1.82) is 0 Å². The van der Waals surface area contributed by atoms with Gasteiger partial charge in [0.25, 0.3) is 0 Å². The van der Waals surface area contributed by atoms with Crippen LogP contribution < -0.4 is 11.1 Å². The minimum absolute atomic E-state index is 0.0338. The number of unbranched alkanes of at least 4 members (excludes halogenated alkanes) is 14. The molecule has 166 valence electrons. The molecule has 5 heteroatoms. The van der Waals surface area contributed by atoms with Gasteiger partial charge in [0.2, 0.25) is 5.91 Å². The fraction of sp³-hybridized carbons (Fsp3) is 0.913. The summed E-state index contributed by atoms with van der Waals surface area (Å²) in [7, 11) is 0.